The van der Waals surface area contributed by atoms with Crippen LogP contribution >= 0.6 is 11.6 Å². The van der Waals surface area contributed by atoms with Gasteiger partial charge in [-0.25, -0.2) is 19.0 Å². The van der Waals surface area contributed by atoms with E-state index in [1.54, 1.807) is 24.5 Å². The highest BCUT2D eigenvalue weighted by Gasteiger charge is 2.15. The largest absolute Gasteiger partial charge is 0.467 e. The number of rotatable bonds is 5. The average Bonchev–Trinajstić information content (AvgIpc) is 3.26. The van der Waals surface area contributed by atoms with Crippen LogP contribution in [-0.2, 0) is 13.1 Å². The molecule has 25 heavy (non-hydrogen) atoms. The first-order chi connectivity index (χ1) is 12.2. The number of hydrogen-bond acceptors (Lipinski definition) is 6. The lowest BCUT2D eigenvalue weighted by Crippen LogP contribution is -2.06. The molecule has 7 nitrogen and oxygen atoms in total. The molecule has 0 saturated carbocycles. The highest BCUT2D eigenvalue weighted by atomic mass is 35.5. The minimum absolute atomic E-state index is 0.122. The third-order valence-electron chi connectivity index (χ3n) is 3.68. The molecule has 4 aromatic rings. The normalized spacial score (nSPS) is 11.1. The Hall–Kier alpha value is -3.00. The number of furan rings is 1. The van der Waals surface area contributed by atoms with Crippen molar-refractivity contribution in [3.8, 4) is 0 Å². The van der Waals surface area contributed by atoms with Gasteiger partial charge in [0.2, 0.25) is 0 Å². The Morgan fingerprint density at radius 3 is 2.92 bits per heavy atom. The molecular weight excluding hydrogens is 347 g/mol. The minimum Gasteiger partial charge on any atom is -0.467 e. The summed E-state index contributed by atoms with van der Waals surface area (Å²) in [5, 5.41) is 11.6. The molecule has 1 N–H and O–H groups in total. The van der Waals surface area contributed by atoms with Gasteiger partial charge in [0, 0.05) is 10.6 Å². The van der Waals surface area contributed by atoms with E-state index in [4.69, 9.17) is 16.0 Å². The van der Waals surface area contributed by atoms with E-state index in [-0.39, 0.29) is 6.54 Å². The second-order valence-electron chi connectivity index (χ2n) is 5.27. The molecule has 0 radical (unpaired) electrons. The van der Waals surface area contributed by atoms with Gasteiger partial charge in [-0.2, -0.15) is 0 Å². The van der Waals surface area contributed by atoms with Crippen LogP contribution in [0.1, 0.15) is 11.3 Å². The van der Waals surface area contributed by atoms with Gasteiger partial charge in [-0.3, -0.25) is 0 Å². The summed E-state index contributed by atoms with van der Waals surface area (Å²) in [6.45, 7) is 0.571. The second kappa shape index (κ2) is 6.48. The number of fused-ring (bicyclic) bond motifs is 1. The van der Waals surface area contributed by atoms with Crippen LogP contribution in [0.25, 0.3) is 11.2 Å². The fourth-order valence-corrected chi connectivity index (χ4v) is 2.67. The maximum atomic E-state index is 14.0. The van der Waals surface area contributed by atoms with E-state index in [2.05, 4.69) is 25.6 Å². The standard InChI is InChI=1S/C16H12ClFN6O/c17-12-4-1-5-13(18)11(12)8-24-16-14(22-23-24)15(20-9-21-16)19-7-10-3-2-6-25-10/h1-6,9H,7-8H2,(H,19,20,21). The molecule has 0 fully saturated rings. The third kappa shape index (κ3) is 3.03. The van der Waals surface area contributed by atoms with Crippen LogP contribution < -0.4 is 5.32 Å². The van der Waals surface area contributed by atoms with Gasteiger partial charge in [0.25, 0.3) is 0 Å². The summed E-state index contributed by atoms with van der Waals surface area (Å²) < 4.78 is 20.8. The first kappa shape index (κ1) is 15.5. The van der Waals surface area contributed by atoms with Gasteiger partial charge in [0.05, 0.1) is 19.4 Å². The van der Waals surface area contributed by atoms with E-state index in [1.165, 1.54) is 17.1 Å². The Balaban J connectivity index is 1.64. The van der Waals surface area contributed by atoms with Gasteiger partial charge in [0.1, 0.15) is 17.9 Å². The Labute approximate surface area is 146 Å². The topological polar surface area (TPSA) is 81.7 Å². The summed E-state index contributed by atoms with van der Waals surface area (Å²) in [6.07, 6.45) is 3.00. The zero-order valence-corrected chi connectivity index (χ0v) is 13.6. The summed E-state index contributed by atoms with van der Waals surface area (Å²) >= 11 is 6.08. The quantitative estimate of drug-likeness (QED) is 0.589. The maximum Gasteiger partial charge on any atom is 0.184 e. The Morgan fingerprint density at radius 1 is 1.20 bits per heavy atom. The van der Waals surface area contributed by atoms with Crippen LogP contribution in [0.15, 0.2) is 47.3 Å². The molecule has 0 amide bonds. The Bertz CT molecular complexity index is 997. The molecule has 0 aliphatic rings. The molecule has 0 aliphatic carbocycles. The maximum absolute atomic E-state index is 14.0. The van der Waals surface area contributed by atoms with Crippen molar-refractivity contribution >= 4 is 28.6 Å². The molecule has 0 atom stereocenters. The molecule has 3 aromatic heterocycles. The van der Waals surface area contributed by atoms with Crippen molar-refractivity contribution in [1.29, 1.82) is 0 Å². The molecular formula is C16H12ClFN6O. The monoisotopic (exact) mass is 358 g/mol. The van der Waals surface area contributed by atoms with E-state index in [0.717, 1.165) is 5.76 Å². The Kier molecular flexibility index (Phi) is 4.02. The van der Waals surface area contributed by atoms with Crippen molar-refractivity contribution in [2.24, 2.45) is 0 Å². The van der Waals surface area contributed by atoms with Crippen molar-refractivity contribution < 1.29 is 8.81 Å². The molecule has 0 aliphatic heterocycles. The lowest BCUT2D eigenvalue weighted by molar-refractivity contribution is 0.518. The van der Waals surface area contributed by atoms with Crippen molar-refractivity contribution in [1.82, 2.24) is 25.0 Å². The van der Waals surface area contributed by atoms with Crippen LogP contribution in [0, 0.1) is 5.82 Å². The van der Waals surface area contributed by atoms with Crippen molar-refractivity contribution in [3.05, 3.63) is 65.1 Å². The van der Waals surface area contributed by atoms with E-state index in [0.29, 0.717) is 34.1 Å². The van der Waals surface area contributed by atoms with Crippen LogP contribution in [-0.4, -0.2) is 25.0 Å². The van der Waals surface area contributed by atoms with Crippen LogP contribution in [0.3, 0.4) is 0 Å². The number of hydrogen-bond donors (Lipinski definition) is 1. The summed E-state index contributed by atoms with van der Waals surface area (Å²) in [4.78, 5) is 8.38. The first-order valence-corrected chi connectivity index (χ1v) is 7.83. The fraction of sp³-hybridized carbons (Fsp3) is 0.125. The van der Waals surface area contributed by atoms with Crippen LogP contribution in [0.4, 0.5) is 10.2 Å². The van der Waals surface area contributed by atoms with Crippen molar-refractivity contribution in [2.45, 2.75) is 13.1 Å². The highest BCUT2D eigenvalue weighted by Crippen LogP contribution is 2.22. The molecule has 0 spiro atoms. The summed E-state index contributed by atoms with van der Waals surface area (Å²) in [7, 11) is 0. The summed E-state index contributed by atoms with van der Waals surface area (Å²) in [5.41, 5.74) is 1.30. The third-order valence-corrected chi connectivity index (χ3v) is 4.03. The van der Waals surface area contributed by atoms with Gasteiger partial charge in [0.15, 0.2) is 17.0 Å². The molecule has 0 saturated heterocycles. The molecule has 1 aromatic carbocycles. The zero-order valence-electron chi connectivity index (χ0n) is 12.9. The number of anilines is 1. The van der Waals surface area contributed by atoms with Crippen molar-refractivity contribution in [3.63, 3.8) is 0 Å². The number of halogens is 2. The van der Waals surface area contributed by atoms with Gasteiger partial charge in [-0.1, -0.05) is 22.9 Å². The number of benzene rings is 1. The summed E-state index contributed by atoms with van der Waals surface area (Å²) in [6, 6.07) is 8.19. The van der Waals surface area contributed by atoms with E-state index in [9.17, 15) is 4.39 Å². The number of nitrogens with one attached hydrogen (secondary N) is 1. The molecule has 0 unspecified atom stereocenters. The smallest absolute Gasteiger partial charge is 0.184 e. The number of aromatic nitrogens is 5. The lowest BCUT2D eigenvalue weighted by Gasteiger charge is -2.06. The van der Waals surface area contributed by atoms with Gasteiger partial charge >= 0.3 is 0 Å². The van der Waals surface area contributed by atoms with Gasteiger partial charge < -0.3 is 9.73 Å². The van der Waals surface area contributed by atoms with E-state index >= 15 is 0 Å². The zero-order chi connectivity index (χ0) is 17.2. The van der Waals surface area contributed by atoms with Crippen molar-refractivity contribution in [2.75, 3.05) is 5.32 Å². The van der Waals surface area contributed by atoms with Crippen LogP contribution in [0.5, 0.6) is 0 Å². The van der Waals surface area contributed by atoms with Gasteiger partial charge in [-0.15, -0.1) is 5.10 Å². The predicted molar refractivity (Wildman–Crippen MR) is 89.7 cm³/mol. The average molecular weight is 359 g/mol. The predicted octanol–water partition coefficient (Wildman–Crippen LogP) is 3.27. The lowest BCUT2D eigenvalue weighted by atomic mass is 10.2. The minimum atomic E-state index is -0.402. The van der Waals surface area contributed by atoms with E-state index in [1.807, 2.05) is 6.07 Å². The Morgan fingerprint density at radius 2 is 2.12 bits per heavy atom. The molecule has 126 valence electrons. The molecule has 3 heterocycles. The SMILES string of the molecule is Fc1cccc(Cl)c1Cn1nnc2c(NCc3ccco3)ncnc21. The molecule has 4 rings (SSSR count). The van der Waals surface area contributed by atoms with E-state index < -0.39 is 5.82 Å². The van der Waals surface area contributed by atoms with Crippen LogP contribution in [0.2, 0.25) is 5.02 Å². The summed E-state index contributed by atoms with van der Waals surface area (Å²) in [5.74, 6) is 0.881. The second-order valence-corrected chi connectivity index (χ2v) is 5.68. The first-order valence-electron chi connectivity index (χ1n) is 7.45. The van der Waals surface area contributed by atoms with Gasteiger partial charge in [-0.05, 0) is 24.3 Å². The number of nitrogens with zero attached hydrogens (tertiary/aromatic N) is 5. The fourth-order valence-electron chi connectivity index (χ4n) is 2.44. The molecule has 9 heteroatoms. The molecule has 0 bridgehead atoms. The highest BCUT2D eigenvalue weighted by molar-refractivity contribution is 6.31.